The molecule has 2 fully saturated rings. The monoisotopic (exact) mass is 258 g/mol. The molecule has 0 aromatic rings. The molecule has 3 atom stereocenters. The SMILES string of the molecule is OC[C@@H]1O[C@H]1CCCCCCOC1CCCCO1. The van der Waals surface area contributed by atoms with Crippen LogP contribution in [0.2, 0.25) is 0 Å². The van der Waals surface area contributed by atoms with Crippen molar-refractivity contribution in [1.29, 1.82) is 0 Å². The van der Waals surface area contributed by atoms with Crippen LogP contribution >= 0.6 is 0 Å². The van der Waals surface area contributed by atoms with Crippen molar-refractivity contribution >= 4 is 0 Å². The standard InChI is InChI=1S/C14H26O4/c15-11-13-12(18-13)7-3-1-2-5-9-16-14-8-4-6-10-17-14/h12-15H,1-11H2/t12-,13-,14?/m0/s1. The van der Waals surface area contributed by atoms with Crippen molar-refractivity contribution in [2.24, 2.45) is 0 Å². The zero-order chi connectivity index (χ0) is 12.6. The first-order valence-corrected chi connectivity index (χ1v) is 7.39. The number of hydrogen-bond acceptors (Lipinski definition) is 4. The highest BCUT2D eigenvalue weighted by molar-refractivity contribution is 4.83. The molecular weight excluding hydrogens is 232 g/mol. The van der Waals surface area contributed by atoms with Gasteiger partial charge in [0.05, 0.1) is 12.7 Å². The number of aliphatic hydroxyl groups is 1. The lowest BCUT2D eigenvalue weighted by Crippen LogP contribution is -2.22. The number of epoxide rings is 1. The minimum Gasteiger partial charge on any atom is -0.394 e. The van der Waals surface area contributed by atoms with Gasteiger partial charge in [-0.2, -0.15) is 0 Å². The van der Waals surface area contributed by atoms with Gasteiger partial charge in [-0.1, -0.05) is 19.3 Å². The third-order valence-corrected chi connectivity index (χ3v) is 3.69. The largest absolute Gasteiger partial charge is 0.394 e. The summed E-state index contributed by atoms with van der Waals surface area (Å²) < 4.78 is 16.5. The molecule has 4 nitrogen and oxygen atoms in total. The summed E-state index contributed by atoms with van der Waals surface area (Å²) in [6, 6.07) is 0. The van der Waals surface area contributed by atoms with E-state index >= 15 is 0 Å². The summed E-state index contributed by atoms with van der Waals surface area (Å²) in [6.07, 6.45) is 9.85. The van der Waals surface area contributed by atoms with Crippen LogP contribution in [0.25, 0.3) is 0 Å². The molecule has 2 saturated heterocycles. The Balaban J connectivity index is 1.33. The fraction of sp³-hybridized carbons (Fsp3) is 1.00. The van der Waals surface area contributed by atoms with Crippen molar-refractivity contribution in [2.75, 3.05) is 19.8 Å². The Hall–Kier alpha value is -0.160. The van der Waals surface area contributed by atoms with Gasteiger partial charge in [0, 0.05) is 13.2 Å². The summed E-state index contributed by atoms with van der Waals surface area (Å²) in [5, 5.41) is 8.82. The van der Waals surface area contributed by atoms with E-state index in [0.29, 0.717) is 6.10 Å². The molecule has 4 heteroatoms. The van der Waals surface area contributed by atoms with Gasteiger partial charge in [0.25, 0.3) is 0 Å². The van der Waals surface area contributed by atoms with Gasteiger partial charge < -0.3 is 19.3 Å². The zero-order valence-electron chi connectivity index (χ0n) is 11.2. The molecule has 1 N–H and O–H groups in total. The summed E-state index contributed by atoms with van der Waals surface area (Å²) in [4.78, 5) is 0. The molecule has 2 aliphatic heterocycles. The van der Waals surface area contributed by atoms with Crippen molar-refractivity contribution in [3.05, 3.63) is 0 Å². The maximum Gasteiger partial charge on any atom is 0.157 e. The van der Waals surface area contributed by atoms with E-state index in [2.05, 4.69) is 0 Å². The Kier molecular flexibility index (Phi) is 6.41. The number of hydrogen-bond donors (Lipinski definition) is 1. The second kappa shape index (κ2) is 8.10. The van der Waals surface area contributed by atoms with Gasteiger partial charge >= 0.3 is 0 Å². The second-order valence-corrected chi connectivity index (χ2v) is 5.27. The van der Waals surface area contributed by atoms with Crippen LogP contribution in [-0.4, -0.2) is 43.4 Å². The van der Waals surface area contributed by atoms with E-state index in [0.717, 1.165) is 32.5 Å². The van der Waals surface area contributed by atoms with Crippen LogP contribution in [0, 0.1) is 0 Å². The van der Waals surface area contributed by atoms with E-state index in [1.165, 1.54) is 32.1 Å². The highest BCUT2D eigenvalue weighted by Crippen LogP contribution is 2.26. The maximum absolute atomic E-state index is 8.82. The first-order valence-electron chi connectivity index (χ1n) is 7.39. The van der Waals surface area contributed by atoms with Crippen LogP contribution in [0.5, 0.6) is 0 Å². The first kappa shape index (κ1) is 14.3. The average Bonchev–Trinajstić information content (AvgIpc) is 3.17. The Morgan fingerprint density at radius 1 is 1.06 bits per heavy atom. The Morgan fingerprint density at radius 2 is 1.94 bits per heavy atom. The zero-order valence-corrected chi connectivity index (χ0v) is 11.2. The molecule has 2 aliphatic rings. The van der Waals surface area contributed by atoms with E-state index in [9.17, 15) is 0 Å². The highest BCUT2D eigenvalue weighted by atomic mass is 16.7. The molecule has 0 bridgehead atoms. The van der Waals surface area contributed by atoms with Crippen molar-refractivity contribution in [2.45, 2.75) is 69.9 Å². The van der Waals surface area contributed by atoms with Gasteiger partial charge in [0.15, 0.2) is 6.29 Å². The summed E-state index contributed by atoms with van der Waals surface area (Å²) in [5.41, 5.74) is 0. The van der Waals surface area contributed by atoms with Crippen LogP contribution in [0.3, 0.4) is 0 Å². The van der Waals surface area contributed by atoms with Gasteiger partial charge in [-0.15, -0.1) is 0 Å². The molecule has 0 amide bonds. The van der Waals surface area contributed by atoms with Gasteiger partial charge in [0.1, 0.15) is 6.10 Å². The van der Waals surface area contributed by atoms with E-state index in [1.807, 2.05) is 0 Å². The third kappa shape index (κ3) is 5.22. The number of ether oxygens (including phenoxy) is 3. The molecule has 0 spiro atoms. The summed E-state index contributed by atoms with van der Waals surface area (Å²) >= 11 is 0. The minimum absolute atomic E-state index is 0.0592. The molecule has 0 aliphatic carbocycles. The van der Waals surface area contributed by atoms with Crippen LogP contribution < -0.4 is 0 Å². The van der Waals surface area contributed by atoms with Crippen molar-refractivity contribution in [3.63, 3.8) is 0 Å². The van der Waals surface area contributed by atoms with Gasteiger partial charge in [-0.25, -0.2) is 0 Å². The first-order chi connectivity index (χ1) is 8.90. The van der Waals surface area contributed by atoms with Crippen LogP contribution in [-0.2, 0) is 14.2 Å². The molecule has 18 heavy (non-hydrogen) atoms. The Labute approximate surface area is 110 Å². The van der Waals surface area contributed by atoms with Crippen molar-refractivity contribution in [3.8, 4) is 0 Å². The molecule has 0 aromatic carbocycles. The molecule has 0 saturated carbocycles. The molecular formula is C14H26O4. The Morgan fingerprint density at radius 3 is 2.67 bits per heavy atom. The summed E-state index contributed by atoms with van der Waals surface area (Å²) in [5.74, 6) is 0. The predicted molar refractivity (Wildman–Crippen MR) is 68.4 cm³/mol. The lowest BCUT2D eigenvalue weighted by Gasteiger charge is -2.22. The van der Waals surface area contributed by atoms with Crippen LogP contribution in [0.15, 0.2) is 0 Å². The number of rotatable bonds is 9. The molecule has 0 radical (unpaired) electrons. The van der Waals surface area contributed by atoms with Crippen LogP contribution in [0.4, 0.5) is 0 Å². The molecule has 0 aromatic heterocycles. The topological polar surface area (TPSA) is 51.2 Å². The molecule has 2 rings (SSSR count). The maximum atomic E-state index is 8.82. The van der Waals surface area contributed by atoms with Gasteiger partial charge in [0.2, 0.25) is 0 Å². The molecule has 2 heterocycles. The van der Waals surface area contributed by atoms with Crippen LogP contribution in [0.1, 0.15) is 51.4 Å². The second-order valence-electron chi connectivity index (χ2n) is 5.27. The summed E-state index contributed by atoms with van der Waals surface area (Å²) in [7, 11) is 0. The minimum atomic E-state index is 0.0592. The lowest BCUT2D eigenvalue weighted by atomic mass is 10.1. The fourth-order valence-electron chi connectivity index (χ4n) is 2.45. The van der Waals surface area contributed by atoms with E-state index < -0.39 is 0 Å². The van der Waals surface area contributed by atoms with Gasteiger partial charge in [-0.05, 0) is 32.1 Å². The number of aliphatic hydroxyl groups excluding tert-OH is 1. The normalized spacial score (nSPS) is 31.5. The predicted octanol–water partition coefficient (Wildman–Crippen LogP) is 2.24. The van der Waals surface area contributed by atoms with E-state index in [1.54, 1.807) is 0 Å². The molecule has 106 valence electrons. The fourth-order valence-corrected chi connectivity index (χ4v) is 2.45. The van der Waals surface area contributed by atoms with Gasteiger partial charge in [-0.3, -0.25) is 0 Å². The highest BCUT2D eigenvalue weighted by Gasteiger charge is 2.36. The van der Waals surface area contributed by atoms with E-state index in [4.69, 9.17) is 19.3 Å². The molecule has 1 unspecified atom stereocenters. The number of unbranched alkanes of at least 4 members (excludes halogenated alkanes) is 3. The van der Waals surface area contributed by atoms with Crippen molar-refractivity contribution in [1.82, 2.24) is 0 Å². The lowest BCUT2D eigenvalue weighted by molar-refractivity contribution is -0.162. The van der Waals surface area contributed by atoms with Crippen molar-refractivity contribution < 1.29 is 19.3 Å². The Bertz CT molecular complexity index is 216. The quantitative estimate of drug-likeness (QED) is 0.509. The average molecular weight is 258 g/mol. The third-order valence-electron chi connectivity index (χ3n) is 3.69. The van der Waals surface area contributed by atoms with E-state index in [-0.39, 0.29) is 19.0 Å². The smallest absolute Gasteiger partial charge is 0.157 e. The summed E-state index contributed by atoms with van der Waals surface area (Å²) in [6.45, 7) is 1.86.